The van der Waals surface area contributed by atoms with Crippen molar-refractivity contribution < 1.29 is 35.9 Å². The number of amidine groups is 1. The number of nitrogens with zero attached hydrogens (tertiary/aromatic N) is 3. The lowest BCUT2D eigenvalue weighted by Gasteiger charge is -2.24. The predicted molar refractivity (Wildman–Crippen MR) is 127 cm³/mol. The zero-order valence-electron chi connectivity index (χ0n) is 18.5. The van der Waals surface area contributed by atoms with E-state index in [2.05, 4.69) is 9.73 Å². The second kappa shape index (κ2) is 10.2. The van der Waals surface area contributed by atoms with Gasteiger partial charge in [-0.15, -0.1) is 0 Å². The molecule has 0 bridgehead atoms. The summed E-state index contributed by atoms with van der Waals surface area (Å²) in [6.07, 6.45) is 3.28. The van der Waals surface area contributed by atoms with Gasteiger partial charge in [0.15, 0.2) is 15.0 Å². The van der Waals surface area contributed by atoms with Gasteiger partial charge in [-0.25, -0.2) is 13.4 Å². The fourth-order valence-corrected chi connectivity index (χ4v) is 6.33. The van der Waals surface area contributed by atoms with Crippen LogP contribution in [0.15, 0.2) is 57.8 Å². The molecule has 4 rings (SSSR count). The highest BCUT2D eigenvalue weighted by Crippen LogP contribution is 2.31. The lowest BCUT2D eigenvalue weighted by atomic mass is 10.2. The SMILES string of the molecule is CN(C(=O)CSC1=N/C(=C\c2ccco2)C(=O)N1c1ccc(OC(F)F)cc1)C1CCS(=O)(=O)C1. The van der Waals surface area contributed by atoms with Crippen LogP contribution in [-0.4, -0.2) is 67.3 Å². The molecule has 1 saturated heterocycles. The van der Waals surface area contributed by atoms with Gasteiger partial charge >= 0.3 is 6.61 Å². The lowest BCUT2D eigenvalue weighted by molar-refractivity contribution is -0.128. The lowest BCUT2D eigenvalue weighted by Crippen LogP contribution is -2.39. The van der Waals surface area contributed by atoms with Crippen LogP contribution in [0.2, 0.25) is 0 Å². The fraction of sp³-hybridized carbons (Fsp3) is 0.318. The van der Waals surface area contributed by atoms with Crippen LogP contribution in [0, 0.1) is 0 Å². The van der Waals surface area contributed by atoms with E-state index in [9.17, 15) is 26.8 Å². The van der Waals surface area contributed by atoms with Crippen LogP contribution in [0.4, 0.5) is 14.5 Å². The summed E-state index contributed by atoms with van der Waals surface area (Å²) in [7, 11) is -1.60. The quantitative estimate of drug-likeness (QED) is 0.511. The molecule has 2 aromatic rings. The standard InChI is InChI=1S/C22H21F2N3O6S2/c1-26(15-8-10-35(30,31)13-15)19(28)12-34-22-25-18(11-17-3-2-9-32-17)20(29)27(22)14-4-6-16(7-5-14)33-21(23)24/h2-7,9,11,15,21H,8,10,12-13H2,1H3/b18-11-. The van der Waals surface area contributed by atoms with Crippen LogP contribution < -0.4 is 9.64 Å². The van der Waals surface area contributed by atoms with E-state index in [0.717, 1.165) is 11.8 Å². The first-order chi connectivity index (χ1) is 16.6. The third kappa shape index (κ3) is 5.90. The summed E-state index contributed by atoms with van der Waals surface area (Å²) < 4.78 is 58.1. The molecule has 1 unspecified atom stereocenters. The highest BCUT2D eigenvalue weighted by atomic mass is 32.2. The molecule has 13 heteroatoms. The minimum Gasteiger partial charge on any atom is -0.465 e. The van der Waals surface area contributed by atoms with Crippen molar-refractivity contribution in [2.75, 3.05) is 29.2 Å². The van der Waals surface area contributed by atoms with Gasteiger partial charge in [0.05, 0.1) is 29.2 Å². The van der Waals surface area contributed by atoms with Gasteiger partial charge < -0.3 is 14.1 Å². The second-order valence-electron chi connectivity index (χ2n) is 7.80. The molecule has 0 radical (unpaired) electrons. The van der Waals surface area contributed by atoms with Crippen molar-refractivity contribution in [3.63, 3.8) is 0 Å². The number of benzene rings is 1. The molecule has 186 valence electrons. The number of hydrogen-bond donors (Lipinski definition) is 0. The molecule has 1 aromatic heterocycles. The van der Waals surface area contributed by atoms with E-state index in [4.69, 9.17) is 4.42 Å². The average molecular weight is 526 g/mol. The number of halogens is 2. The van der Waals surface area contributed by atoms with Crippen LogP contribution in [-0.2, 0) is 19.4 Å². The molecule has 2 aliphatic heterocycles. The second-order valence-corrected chi connectivity index (χ2v) is 11.0. The van der Waals surface area contributed by atoms with E-state index in [1.54, 1.807) is 19.2 Å². The number of rotatable bonds is 7. The molecule has 0 aliphatic carbocycles. The van der Waals surface area contributed by atoms with Gasteiger partial charge in [0.25, 0.3) is 5.91 Å². The number of anilines is 1. The van der Waals surface area contributed by atoms with Crippen LogP contribution in [0.3, 0.4) is 0 Å². The molecule has 2 amide bonds. The first-order valence-electron chi connectivity index (χ1n) is 10.4. The van der Waals surface area contributed by atoms with Crippen molar-refractivity contribution >= 4 is 50.3 Å². The zero-order chi connectivity index (χ0) is 25.2. The van der Waals surface area contributed by atoms with Gasteiger partial charge in [-0.05, 0) is 42.8 Å². The van der Waals surface area contributed by atoms with E-state index in [1.165, 1.54) is 46.4 Å². The van der Waals surface area contributed by atoms with E-state index in [1.807, 2.05) is 0 Å². The van der Waals surface area contributed by atoms with Crippen LogP contribution in [0.25, 0.3) is 6.08 Å². The summed E-state index contributed by atoms with van der Waals surface area (Å²) in [4.78, 5) is 32.9. The number of alkyl halides is 2. The normalized spacial score (nSPS) is 20.5. The molecule has 0 spiro atoms. The number of amides is 2. The molecule has 1 atom stereocenters. The highest BCUT2D eigenvalue weighted by molar-refractivity contribution is 8.14. The maximum atomic E-state index is 13.1. The van der Waals surface area contributed by atoms with Crippen molar-refractivity contribution in [2.45, 2.75) is 19.1 Å². The molecule has 2 aliphatic rings. The zero-order valence-corrected chi connectivity index (χ0v) is 20.1. The Morgan fingerprint density at radius 3 is 2.69 bits per heavy atom. The maximum Gasteiger partial charge on any atom is 0.387 e. The largest absolute Gasteiger partial charge is 0.465 e. The number of thioether (sulfide) groups is 1. The summed E-state index contributed by atoms with van der Waals surface area (Å²) in [6.45, 7) is -2.98. The molecule has 0 saturated carbocycles. The van der Waals surface area contributed by atoms with Crippen LogP contribution in [0.1, 0.15) is 12.2 Å². The summed E-state index contributed by atoms with van der Waals surface area (Å²) in [6, 6.07) is 8.36. The van der Waals surface area contributed by atoms with Gasteiger partial charge in [0, 0.05) is 19.2 Å². The number of sulfone groups is 1. The molecule has 9 nitrogen and oxygen atoms in total. The average Bonchev–Trinajstić information content (AvgIpc) is 3.52. The van der Waals surface area contributed by atoms with E-state index >= 15 is 0 Å². The van der Waals surface area contributed by atoms with E-state index in [0.29, 0.717) is 17.9 Å². The Morgan fingerprint density at radius 1 is 1.34 bits per heavy atom. The number of carbonyl (C=O) groups excluding carboxylic acids is 2. The molecule has 1 aromatic carbocycles. The fourth-order valence-electron chi connectivity index (χ4n) is 3.62. The molecule has 0 N–H and O–H groups in total. The Balaban J connectivity index is 1.53. The Bertz CT molecular complexity index is 1260. The third-order valence-corrected chi connectivity index (χ3v) is 8.12. The van der Waals surface area contributed by atoms with E-state index < -0.39 is 28.4 Å². The molecule has 1 fully saturated rings. The number of aliphatic imine (C=N–C) groups is 1. The predicted octanol–water partition coefficient (Wildman–Crippen LogP) is 3.00. The van der Waals surface area contributed by atoms with Gasteiger partial charge in [-0.1, -0.05) is 11.8 Å². The smallest absolute Gasteiger partial charge is 0.387 e. The monoisotopic (exact) mass is 525 g/mol. The van der Waals surface area contributed by atoms with Crippen LogP contribution in [0.5, 0.6) is 5.75 Å². The third-order valence-electron chi connectivity index (χ3n) is 5.45. The topological polar surface area (TPSA) is 109 Å². The number of hydrogen-bond acceptors (Lipinski definition) is 8. The van der Waals surface area contributed by atoms with Crippen LogP contribution >= 0.6 is 11.8 Å². The molecular formula is C22H21F2N3O6S2. The number of furan rings is 1. The first kappa shape index (κ1) is 24.9. The van der Waals surface area contributed by atoms with Crippen molar-refractivity contribution in [2.24, 2.45) is 4.99 Å². The highest BCUT2D eigenvalue weighted by Gasteiger charge is 2.35. The van der Waals surface area contributed by atoms with Crippen molar-refractivity contribution in [3.8, 4) is 5.75 Å². The van der Waals surface area contributed by atoms with Gasteiger partial charge in [-0.3, -0.25) is 14.5 Å². The summed E-state index contributed by atoms with van der Waals surface area (Å²) in [5, 5.41) is 0.205. The summed E-state index contributed by atoms with van der Waals surface area (Å²) in [5.41, 5.74) is 0.409. The van der Waals surface area contributed by atoms with Gasteiger partial charge in [0.2, 0.25) is 5.91 Å². The Hall–Kier alpha value is -3.19. The minimum absolute atomic E-state index is 0.0453. The maximum absolute atomic E-state index is 13.1. The van der Waals surface area contributed by atoms with Gasteiger partial charge in [0.1, 0.15) is 17.2 Å². The van der Waals surface area contributed by atoms with Crippen molar-refractivity contribution in [1.29, 1.82) is 0 Å². The summed E-state index contributed by atoms with van der Waals surface area (Å²) in [5.74, 6) is -0.585. The van der Waals surface area contributed by atoms with Crippen molar-refractivity contribution in [3.05, 3.63) is 54.1 Å². The van der Waals surface area contributed by atoms with Gasteiger partial charge in [-0.2, -0.15) is 8.78 Å². The first-order valence-corrected chi connectivity index (χ1v) is 13.3. The molecule has 35 heavy (non-hydrogen) atoms. The number of ether oxygens (including phenoxy) is 1. The van der Waals surface area contributed by atoms with Crippen molar-refractivity contribution in [1.82, 2.24) is 4.90 Å². The minimum atomic E-state index is -3.15. The Kier molecular flexibility index (Phi) is 7.26. The molecule has 3 heterocycles. The molecular weight excluding hydrogens is 504 g/mol. The Labute approximate surface area is 204 Å². The van der Waals surface area contributed by atoms with E-state index in [-0.39, 0.29) is 39.8 Å². The number of carbonyl (C=O) groups is 2. The summed E-state index contributed by atoms with van der Waals surface area (Å²) >= 11 is 1.01. The Morgan fingerprint density at radius 2 is 2.09 bits per heavy atom.